The molecule has 2 aromatic heterocycles. The molecule has 11 nitrogen and oxygen atoms in total. The van der Waals surface area contributed by atoms with Gasteiger partial charge in [0.15, 0.2) is 24.1 Å². The third-order valence-electron chi connectivity index (χ3n) is 5.01. The van der Waals surface area contributed by atoms with Crippen LogP contribution in [0.3, 0.4) is 0 Å². The van der Waals surface area contributed by atoms with Gasteiger partial charge in [-0.15, -0.1) is 5.10 Å². The first kappa shape index (κ1) is 23.6. The summed E-state index contributed by atoms with van der Waals surface area (Å²) in [5.74, 6) is -1.31. The number of nitriles is 1. The van der Waals surface area contributed by atoms with E-state index >= 15 is 0 Å². The molecule has 1 aliphatic rings. The number of halogens is 3. The Morgan fingerprint density at radius 1 is 1.26 bits per heavy atom. The van der Waals surface area contributed by atoms with Crippen molar-refractivity contribution in [3.05, 3.63) is 58.8 Å². The molecule has 2 amide bonds. The monoisotopic (exact) mass is 484 g/mol. The minimum absolute atomic E-state index is 0.0632. The largest absolute Gasteiger partial charge is 0.352 e. The second-order valence-corrected chi connectivity index (χ2v) is 7.42. The number of hydrogen-bond acceptors (Lipinski definition) is 8. The number of hydrogen-bond donors (Lipinski definition) is 2. The van der Waals surface area contributed by atoms with E-state index in [1.807, 2.05) is 6.07 Å². The van der Waals surface area contributed by atoms with Gasteiger partial charge in [0, 0.05) is 25.7 Å². The normalized spacial score (nSPS) is 14.7. The summed E-state index contributed by atoms with van der Waals surface area (Å²) in [7, 11) is 0. The third kappa shape index (κ3) is 5.18. The van der Waals surface area contributed by atoms with Gasteiger partial charge in [-0.1, -0.05) is 0 Å². The van der Waals surface area contributed by atoms with E-state index in [2.05, 4.69) is 35.8 Å². The van der Waals surface area contributed by atoms with Crippen LogP contribution < -0.4 is 10.6 Å². The zero-order valence-electron chi connectivity index (χ0n) is 18.4. The molecular weight excluding hydrogens is 465 g/mol. The van der Waals surface area contributed by atoms with Crippen molar-refractivity contribution in [2.75, 3.05) is 18.4 Å². The molecule has 14 heteroatoms. The molecule has 1 atom stereocenters. The highest BCUT2D eigenvalue weighted by Crippen LogP contribution is 2.29. The predicted molar refractivity (Wildman–Crippen MR) is 117 cm³/mol. The molecule has 4 rings (SSSR count). The Hall–Kier alpha value is -4.54. The highest BCUT2D eigenvalue weighted by atomic mass is 19.1. The van der Waals surface area contributed by atoms with Crippen LogP contribution in [0.15, 0.2) is 29.5 Å². The van der Waals surface area contributed by atoms with Gasteiger partial charge in [-0.25, -0.2) is 32.9 Å². The van der Waals surface area contributed by atoms with Crippen molar-refractivity contribution in [3.63, 3.8) is 0 Å². The molecule has 1 aliphatic heterocycles. The number of carbonyl (C=O) groups excluding carboxylic acids is 1. The topological polar surface area (TPSA) is 137 Å². The first-order valence-electron chi connectivity index (χ1n) is 10.4. The number of hydrazone groups is 1. The van der Waals surface area contributed by atoms with E-state index in [0.29, 0.717) is 12.0 Å². The van der Waals surface area contributed by atoms with Crippen molar-refractivity contribution in [2.24, 2.45) is 5.10 Å². The van der Waals surface area contributed by atoms with Gasteiger partial charge in [0.1, 0.15) is 11.6 Å². The van der Waals surface area contributed by atoms with Gasteiger partial charge in [0.25, 0.3) is 0 Å². The molecule has 0 saturated carbocycles. The Balaban J connectivity index is 1.35. The van der Waals surface area contributed by atoms with Crippen LogP contribution in [0.2, 0.25) is 0 Å². The van der Waals surface area contributed by atoms with Gasteiger partial charge in [-0.05, 0) is 30.7 Å². The maximum atomic E-state index is 14.2. The summed E-state index contributed by atoms with van der Waals surface area (Å²) < 4.78 is 41.9. The van der Waals surface area contributed by atoms with Crippen molar-refractivity contribution >= 4 is 18.2 Å². The lowest BCUT2D eigenvalue weighted by molar-refractivity contribution is 0.186. The van der Waals surface area contributed by atoms with Crippen LogP contribution in [0.1, 0.15) is 35.2 Å². The highest BCUT2D eigenvalue weighted by molar-refractivity contribution is 5.78. The van der Waals surface area contributed by atoms with E-state index in [1.165, 1.54) is 30.3 Å². The quantitative estimate of drug-likeness (QED) is 0.492. The maximum absolute atomic E-state index is 14.2. The van der Waals surface area contributed by atoms with Crippen LogP contribution in [0, 0.1) is 29.9 Å². The third-order valence-corrected chi connectivity index (χ3v) is 5.01. The number of nitrogens with one attached hydrogen (secondary N) is 2. The van der Waals surface area contributed by atoms with Crippen LogP contribution in [0.5, 0.6) is 0 Å². The lowest BCUT2D eigenvalue weighted by atomic mass is 10.0. The fourth-order valence-electron chi connectivity index (χ4n) is 3.47. The highest BCUT2D eigenvalue weighted by Gasteiger charge is 2.28. The van der Waals surface area contributed by atoms with Crippen molar-refractivity contribution in [1.82, 2.24) is 35.1 Å². The fraction of sp³-hybridized carbons (Fsp3) is 0.286. The number of rotatable bonds is 7. The molecule has 0 saturated heterocycles. The summed E-state index contributed by atoms with van der Waals surface area (Å²) in [5.41, 5.74) is 0.607. The molecular formula is C21H19F3N10O. The van der Waals surface area contributed by atoms with Gasteiger partial charge in [-0.3, -0.25) is 0 Å². The number of benzene rings is 1. The SMILES string of the molecule is Cc1nc(CF)nn1-c1nc(NCCNC(=O)N2N=CC[C@H]2c2cc(F)cc(C#N)c2)ncc1F. The first-order valence-corrected chi connectivity index (χ1v) is 10.4. The Morgan fingerprint density at radius 2 is 2.09 bits per heavy atom. The van der Waals surface area contributed by atoms with Crippen molar-refractivity contribution in [1.29, 1.82) is 5.26 Å². The van der Waals surface area contributed by atoms with Gasteiger partial charge in [0.05, 0.1) is 23.9 Å². The van der Waals surface area contributed by atoms with E-state index < -0.39 is 30.4 Å². The zero-order chi connectivity index (χ0) is 24.9. The molecule has 35 heavy (non-hydrogen) atoms. The van der Waals surface area contributed by atoms with E-state index in [9.17, 15) is 18.0 Å². The number of carbonyl (C=O) groups is 1. The Morgan fingerprint density at radius 3 is 2.83 bits per heavy atom. The average molecular weight is 484 g/mol. The van der Waals surface area contributed by atoms with Gasteiger partial charge < -0.3 is 10.6 Å². The molecule has 2 N–H and O–H groups in total. The molecule has 1 aromatic carbocycles. The van der Waals surface area contributed by atoms with Crippen molar-refractivity contribution in [2.45, 2.75) is 26.1 Å². The minimum Gasteiger partial charge on any atom is -0.352 e. The van der Waals surface area contributed by atoms with Crippen LogP contribution in [-0.2, 0) is 6.67 Å². The van der Waals surface area contributed by atoms with Crippen LogP contribution >= 0.6 is 0 Å². The Bertz CT molecular complexity index is 1320. The smallest absolute Gasteiger partial charge is 0.338 e. The summed E-state index contributed by atoms with van der Waals surface area (Å²) in [5, 5.41) is 23.7. The fourth-order valence-corrected chi connectivity index (χ4v) is 3.47. The number of amides is 2. The summed E-state index contributed by atoms with van der Waals surface area (Å²) in [4.78, 5) is 24.4. The summed E-state index contributed by atoms with van der Waals surface area (Å²) in [6.07, 6.45) is 2.85. The van der Waals surface area contributed by atoms with Crippen LogP contribution in [0.4, 0.5) is 23.9 Å². The second kappa shape index (κ2) is 10.2. The molecule has 0 radical (unpaired) electrons. The van der Waals surface area contributed by atoms with Crippen molar-refractivity contribution < 1.29 is 18.0 Å². The van der Waals surface area contributed by atoms with Crippen molar-refractivity contribution in [3.8, 4) is 11.9 Å². The summed E-state index contributed by atoms with van der Waals surface area (Å²) >= 11 is 0. The first-order chi connectivity index (χ1) is 16.9. The van der Waals surface area contributed by atoms with E-state index in [0.717, 1.165) is 16.9 Å². The number of urea groups is 1. The maximum Gasteiger partial charge on any atom is 0.338 e. The summed E-state index contributed by atoms with van der Waals surface area (Å²) in [6.45, 7) is 0.958. The molecule has 0 fully saturated rings. The van der Waals surface area contributed by atoms with Crippen LogP contribution in [-0.4, -0.2) is 55.1 Å². The number of aromatic nitrogens is 5. The van der Waals surface area contributed by atoms with Gasteiger partial charge in [0.2, 0.25) is 5.95 Å². The molecule has 0 spiro atoms. The number of nitrogens with zero attached hydrogens (tertiary/aromatic N) is 8. The van der Waals surface area contributed by atoms with E-state index in [4.69, 9.17) is 5.26 Å². The molecule has 180 valence electrons. The van der Waals surface area contributed by atoms with E-state index in [1.54, 1.807) is 0 Å². The Kier molecular flexibility index (Phi) is 6.86. The average Bonchev–Trinajstić information content (AvgIpc) is 3.49. The van der Waals surface area contributed by atoms with Gasteiger partial charge >= 0.3 is 6.03 Å². The second-order valence-electron chi connectivity index (χ2n) is 7.42. The number of aryl methyl sites for hydroxylation is 1. The van der Waals surface area contributed by atoms with Gasteiger partial charge in [-0.2, -0.15) is 20.0 Å². The predicted octanol–water partition coefficient (Wildman–Crippen LogP) is 2.54. The van der Waals surface area contributed by atoms with Crippen LogP contribution in [0.25, 0.3) is 5.82 Å². The lowest BCUT2D eigenvalue weighted by Gasteiger charge is -2.22. The Labute approximate surface area is 197 Å². The number of anilines is 1. The number of alkyl halides is 1. The lowest BCUT2D eigenvalue weighted by Crippen LogP contribution is -2.39. The minimum atomic E-state index is -0.897. The zero-order valence-corrected chi connectivity index (χ0v) is 18.4. The molecule has 3 heterocycles. The van der Waals surface area contributed by atoms with E-state index in [-0.39, 0.29) is 42.1 Å². The summed E-state index contributed by atoms with van der Waals surface area (Å²) in [6, 6.07) is 4.71. The molecule has 0 bridgehead atoms. The standard InChI is InChI=1S/C21H19F3N10O/c1-12-30-18(9-22)32-33(12)19-16(24)11-28-20(31-19)26-4-5-27-21(35)34-17(2-3-29-34)14-6-13(10-25)7-15(23)8-14/h3,6-8,11,17H,2,4-5,9H2,1H3,(H,27,35)(H,26,28,31)/t17-/m0/s1. The molecule has 3 aromatic rings. The molecule has 0 unspecified atom stereocenters. The molecule has 0 aliphatic carbocycles.